The Bertz CT molecular complexity index is 1840. The summed E-state index contributed by atoms with van der Waals surface area (Å²) >= 11 is 0. The predicted molar refractivity (Wildman–Crippen MR) is 174 cm³/mol. The van der Waals surface area contributed by atoms with Crippen LogP contribution in [0, 0.1) is 6.92 Å². The third-order valence-corrected chi connectivity index (χ3v) is 9.72. The summed E-state index contributed by atoms with van der Waals surface area (Å²) in [5, 5.41) is 4.98. The molecule has 6 rings (SSSR count). The number of sulfonamides is 1. The zero-order chi connectivity index (χ0) is 31.8. The number of ether oxygens (including phenoxy) is 2. The molecule has 1 N–H and O–H groups in total. The molecule has 0 radical (unpaired) electrons. The second-order valence-electron chi connectivity index (χ2n) is 12.5. The van der Waals surface area contributed by atoms with Gasteiger partial charge in [-0.05, 0) is 76.8 Å². The Labute approximate surface area is 263 Å². The molecule has 0 unspecified atom stereocenters. The molecule has 0 saturated carbocycles. The van der Waals surface area contributed by atoms with Crippen LogP contribution in [0.25, 0.3) is 22.0 Å². The molecule has 0 aliphatic carbocycles. The van der Waals surface area contributed by atoms with Gasteiger partial charge < -0.3 is 19.7 Å². The molecule has 12 heteroatoms. The van der Waals surface area contributed by atoms with Gasteiger partial charge in [0.25, 0.3) is 0 Å². The van der Waals surface area contributed by atoms with Crippen LogP contribution in [0.4, 0.5) is 16.4 Å². The summed E-state index contributed by atoms with van der Waals surface area (Å²) < 4.78 is 39.1. The van der Waals surface area contributed by atoms with Crippen molar-refractivity contribution in [3.63, 3.8) is 0 Å². The van der Waals surface area contributed by atoms with Crippen LogP contribution in [0.5, 0.6) is 11.6 Å². The molecule has 2 aliphatic heterocycles. The molecule has 4 aromatic rings. The number of hydrogen-bond donors (Lipinski definition) is 1. The molecule has 2 aliphatic rings. The second kappa shape index (κ2) is 12.2. The predicted octanol–water partition coefficient (Wildman–Crippen LogP) is 6.14. The van der Waals surface area contributed by atoms with E-state index in [2.05, 4.69) is 15.3 Å². The number of pyridine rings is 1. The maximum atomic E-state index is 12.7. The fraction of sp³-hybridized carbons (Fsp3) is 0.394. The van der Waals surface area contributed by atoms with Gasteiger partial charge in [0, 0.05) is 48.8 Å². The fourth-order valence-corrected chi connectivity index (χ4v) is 7.38. The quantitative estimate of drug-likeness (QED) is 0.267. The Morgan fingerprint density at radius 3 is 2.60 bits per heavy atom. The van der Waals surface area contributed by atoms with Gasteiger partial charge in [0.2, 0.25) is 21.9 Å². The molecule has 1 atom stereocenters. The first-order chi connectivity index (χ1) is 21.5. The molecule has 0 bridgehead atoms. The van der Waals surface area contributed by atoms with Gasteiger partial charge in [-0.15, -0.1) is 0 Å². The van der Waals surface area contributed by atoms with Crippen molar-refractivity contribution in [3.05, 3.63) is 66.5 Å². The number of piperidine rings is 1. The van der Waals surface area contributed by atoms with E-state index in [1.54, 1.807) is 23.4 Å². The normalized spacial score (nSPS) is 18.2. The minimum atomic E-state index is -3.35. The van der Waals surface area contributed by atoms with Crippen LogP contribution in [0.15, 0.2) is 60.9 Å². The number of nitrogens with zero attached hydrogens (tertiary/aromatic N) is 5. The van der Waals surface area contributed by atoms with E-state index in [-0.39, 0.29) is 17.9 Å². The molecular weight excluding hydrogens is 592 g/mol. The topological polar surface area (TPSA) is 127 Å². The maximum Gasteiger partial charge on any atom is 0.410 e. The molecule has 1 amide bonds. The Morgan fingerprint density at radius 1 is 0.978 bits per heavy atom. The van der Waals surface area contributed by atoms with Gasteiger partial charge in [-0.3, -0.25) is 4.31 Å². The van der Waals surface area contributed by atoms with E-state index in [1.165, 1.54) is 4.31 Å². The first-order valence-electron chi connectivity index (χ1n) is 15.2. The average Bonchev–Trinajstić information content (AvgIpc) is 3.36. The summed E-state index contributed by atoms with van der Waals surface area (Å²) in [4.78, 5) is 28.2. The van der Waals surface area contributed by atoms with Crippen molar-refractivity contribution in [1.29, 1.82) is 0 Å². The SMILES string of the molecule is Cc1ccc2c(N3CCCS3(=O)=O)cccc2c1Oc1ncccc1-c1ccnc(N[C@H]2CCCN(C(=O)OC(C)(C)C)C2)n1. The van der Waals surface area contributed by atoms with Crippen molar-refractivity contribution in [3.8, 4) is 22.9 Å². The number of anilines is 2. The third kappa shape index (κ3) is 6.65. The molecule has 2 aromatic carbocycles. The van der Waals surface area contributed by atoms with E-state index < -0.39 is 15.6 Å². The van der Waals surface area contributed by atoms with E-state index in [0.717, 1.165) is 29.2 Å². The number of amides is 1. The van der Waals surface area contributed by atoms with Crippen LogP contribution in [0.1, 0.15) is 45.6 Å². The summed E-state index contributed by atoms with van der Waals surface area (Å²) in [6, 6.07) is 15.0. The first-order valence-corrected chi connectivity index (χ1v) is 16.8. The Hall–Kier alpha value is -4.45. The lowest BCUT2D eigenvalue weighted by atomic mass is 10.0. The van der Waals surface area contributed by atoms with E-state index >= 15 is 0 Å². The number of hydrogen-bond acceptors (Lipinski definition) is 9. The van der Waals surface area contributed by atoms with Crippen LogP contribution >= 0.6 is 0 Å². The number of aryl methyl sites for hydroxylation is 1. The van der Waals surface area contributed by atoms with Crippen LogP contribution in [0.2, 0.25) is 0 Å². The van der Waals surface area contributed by atoms with Crippen LogP contribution < -0.4 is 14.4 Å². The summed E-state index contributed by atoms with van der Waals surface area (Å²) in [5.74, 6) is 1.55. The van der Waals surface area contributed by atoms with E-state index in [0.29, 0.717) is 60.6 Å². The van der Waals surface area contributed by atoms with Gasteiger partial charge in [-0.2, -0.15) is 0 Å². The average molecular weight is 631 g/mol. The third-order valence-electron chi connectivity index (χ3n) is 7.86. The zero-order valence-corrected chi connectivity index (χ0v) is 26.8. The molecule has 11 nitrogen and oxygen atoms in total. The van der Waals surface area contributed by atoms with Crippen molar-refractivity contribution in [2.75, 3.05) is 35.0 Å². The number of benzene rings is 2. The van der Waals surface area contributed by atoms with Crippen molar-refractivity contribution in [1.82, 2.24) is 19.9 Å². The lowest BCUT2D eigenvalue weighted by Crippen LogP contribution is -2.47. The lowest BCUT2D eigenvalue weighted by Gasteiger charge is -2.34. The highest BCUT2D eigenvalue weighted by molar-refractivity contribution is 7.93. The number of carbonyl (C=O) groups is 1. The van der Waals surface area contributed by atoms with Gasteiger partial charge in [0.05, 0.1) is 22.7 Å². The summed E-state index contributed by atoms with van der Waals surface area (Å²) in [6.07, 6.45) is 5.34. The van der Waals surface area contributed by atoms with Gasteiger partial charge >= 0.3 is 6.09 Å². The summed E-state index contributed by atoms with van der Waals surface area (Å²) in [6.45, 7) is 9.13. The standard InChI is InChI=1S/C33H38N6O5S/c1-22-13-14-24-25(10-5-12-28(24)39-19-8-20-45(39,41)42)29(22)43-30-26(11-6-16-34-30)27-15-17-35-31(37-27)36-23-9-7-18-38(21-23)32(40)44-33(2,3)4/h5-6,10-17,23H,7-9,18-21H2,1-4H3,(H,35,36,37)/t23-/m0/s1. The molecule has 2 saturated heterocycles. The first kappa shape index (κ1) is 30.6. The van der Waals surface area contributed by atoms with Crippen molar-refractivity contribution in [2.24, 2.45) is 0 Å². The number of nitrogens with one attached hydrogen (secondary N) is 1. The largest absolute Gasteiger partial charge is 0.444 e. The van der Waals surface area contributed by atoms with Crippen molar-refractivity contribution in [2.45, 2.75) is 58.6 Å². The van der Waals surface area contributed by atoms with Gasteiger partial charge in [0.1, 0.15) is 11.4 Å². The highest BCUT2D eigenvalue weighted by Crippen LogP contribution is 2.40. The monoisotopic (exact) mass is 630 g/mol. The smallest absolute Gasteiger partial charge is 0.410 e. The van der Waals surface area contributed by atoms with Crippen LogP contribution in [0.3, 0.4) is 0 Å². The fourth-order valence-electron chi connectivity index (χ4n) is 5.80. The second-order valence-corrected chi connectivity index (χ2v) is 14.5. The number of aromatic nitrogens is 3. The maximum absolute atomic E-state index is 12.7. The number of fused-ring (bicyclic) bond motifs is 1. The Kier molecular flexibility index (Phi) is 8.25. The molecule has 2 fully saturated rings. The summed E-state index contributed by atoms with van der Waals surface area (Å²) in [5.41, 5.74) is 2.28. The minimum Gasteiger partial charge on any atom is -0.444 e. The molecule has 4 heterocycles. The Morgan fingerprint density at radius 2 is 1.82 bits per heavy atom. The zero-order valence-electron chi connectivity index (χ0n) is 26.0. The van der Waals surface area contributed by atoms with Crippen molar-refractivity contribution >= 4 is 38.5 Å². The number of rotatable bonds is 6. The lowest BCUT2D eigenvalue weighted by molar-refractivity contribution is 0.0206. The highest BCUT2D eigenvalue weighted by atomic mass is 32.2. The van der Waals surface area contributed by atoms with Crippen LogP contribution in [-0.2, 0) is 14.8 Å². The van der Waals surface area contributed by atoms with E-state index in [9.17, 15) is 13.2 Å². The number of carbonyl (C=O) groups excluding carboxylic acids is 1. The molecule has 45 heavy (non-hydrogen) atoms. The molecule has 2 aromatic heterocycles. The molecular formula is C33H38N6O5S. The highest BCUT2D eigenvalue weighted by Gasteiger charge is 2.30. The van der Waals surface area contributed by atoms with E-state index in [4.69, 9.17) is 14.5 Å². The molecule has 236 valence electrons. The van der Waals surface area contributed by atoms with Gasteiger partial charge in [-0.1, -0.05) is 24.3 Å². The minimum absolute atomic E-state index is 0.0295. The van der Waals surface area contributed by atoms with E-state index in [1.807, 2.05) is 70.2 Å². The van der Waals surface area contributed by atoms with Gasteiger partial charge in [-0.25, -0.2) is 28.2 Å². The number of likely N-dealkylation sites (tertiary alicyclic amines) is 1. The van der Waals surface area contributed by atoms with Crippen molar-refractivity contribution < 1.29 is 22.7 Å². The molecule has 0 spiro atoms. The summed E-state index contributed by atoms with van der Waals surface area (Å²) in [7, 11) is -3.35. The van der Waals surface area contributed by atoms with Crippen LogP contribution in [-0.4, -0.2) is 71.4 Å². The Balaban J connectivity index is 1.26. The van der Waals surface area contributed by atoms with Gasteiger partial charge in [0.15, 0.2) is 0 Å².